The van der Waals surface area contributed by atoms with E-state index in [2.05, 4.69) is 90.1 Å². The zero-order chi connectivity index (χ0) is 48.5. The summed E-state index contributed by atoms with van der Waals surface area (Å²) in [7, 11) is 0. The molecule has 2 aromatic heterocycles. The predicted molar refractivity (Wildman–Crippen MR) is 265 cm³/mol. The second-order valence-corrected chi connectivity index (χ2v) is 17.9. The molecule has 10 rings (SSSR count). The van der Waals surface area contributed by atoms with Crippen molar-refractivity contribution in [3.05, 3.63) is 202 Å². The van der Waals surface area contributed by atoms with Gasteiger partial charge < -0.3 is 4.57 Å². The molecular weight excluding hydrogens is 879 g/mol. The molecule has 69 heavy (non-hydrogen) atoms. The van der Waals surface area contributed by atoms with Gasteiger partial charge in [-0.3, -0.25) is 0 Å². The number of halogens is 6. The first kappa shape index (κ1) is 45.0. The molecule has 10 aromatic rings. The smallest absolute Gasteiger partial charge is 0.309 e. The van der Waals surface area contributed by atoms with Crippen molar-refractivity contribution in [3.8, 4) is 73.2 Å². The fourth-order valence-corrected chi connectivity index (χ4v) is 10.0. The van der Waals surface area contributed by atoms with E-state index in [1.807, 2.05) is 83.4 Å². The summed E-state index contributed by atoms with van der Waals surface area (Å²) in [5.41, 5.74) is 11.6. The van der Waals surface area contributed by atoms with Crippen LogP contribution in [0.5, 0.6) is 0 Å². The molecule has 0 aliphatic rings. The first-order valence-corrected chi connectivity index (χ1v) is 22.5. The van der Waals surface area contributed by atoms with Crippen LogP contribution in [0.2, 0.25) is 0 Å². The molecule has 4 nitrogen and oxygen atoms in total. The van der Waals surface area contributed by atoms with Gasteiger partial charge in [-0.1, -0.05) is 108 Å². The summed E-state index contributed by atoms with van der Waals surface area (Å²) in [6.45, 7) is 12.6. The number of aryl methyl sites for hydroxylation is 6. The van der Waals surface area contributed by atoms with Gasteiger partial charge in [0.1, 0.15) is 0 Å². The van der Waals surface area contributed by atoms with Crippen LogP contribution in [0, 0.1) is 41.5 Å². The Bertz CT molecular complexity index is 3390. The van der Waals surface area contributed by atoms with Gasteiger partial charge in [0.25, 0.3) is 0 Å². The van der Waals surface area contributed by atoms with Gasteiger partial charge in [-0.2, -0.15) is 26.3 Å². The molecule has 0 unspecified atom stereocenters. The van der Waals surface area contributed by atoms with Crippen molar-refractivity contribution in [3.63, 3.8) is 0 Å². The van der Waals surface area contributed by atoms with Crippen molar-refractivity contribution in [2.24, 2.45) is 0 Å². The van der Waals surface area contributed by atoms with Crippen LogP contribution in [-0.2, 0) is 12.4 Å². The number of aromatic nitrogens is 4. The Morgan fingerprint density at radius 3 is 1.20 bits per heavy atom. The molecule has 10 heteroatoms. The summed E-state index contributed by atoms with van der Waals surface area (Å²) < 4.78 is 89.9. The maximum atomic E-state index is 14.7. The Kier molecular flexibility index (Phi) is 11.1. The Labute approximate surface area is 395 Å². The van der Waals surface area contributed by atoms with Gasteiger partial charge in [-0.05, 0) is 158 Å². The van der Waals surface area contributed by atoms with Gasteiger partial charge in [0, 0.05) is 33.2 Å². The zero-order valence-corrected chi connectivity index (χ0v) is 38.6. The minimum atomic E-state index is -5.09. The number of hydrogen-bond donors (Lipinski definition) is 0. The van der Waals surface area contributed by atoms with Crippen LogP contribution in [0.4, 0.5) is 26.3 Å². The summed E-state index contributed by atoms with van der Waals surface area (Å²) in [6.07, 6.45) is -10.2. The van der Waals surface area contributed by atoms with Crippen molar-refractivity contribution in [1.29, 1.82) is 0 Å². The van der Waals surface area contributed by atoms with Crippen LogP contribution >= 0.6 is 0 Å². The van der Waals surface area contributed by atoms with E-state index in [-0.39, 0.29) is 40.2 Å². The predicted octanol–water partition coefficient (Wildman–Crippen LogP) is 16.9. The molecule has 0 bridgehead atoms. The summed E-state index contributed by atoms with van der Waals surface area (Å²) >= 11 is 0. The molecular formula is C59H44F6N4. The lowest BCUT2D eigenvalue weighted by Gasteiger charge is -2.18. The fourth-order valence-electron chi connectivity index (χ4n) is 10.0. The summed E-state index contributed by atoms with van der Waals surface area (Å²) in [5.74, 6) is 0.627. The highest BCUT2D eigenvalue weighted by Gasteiger charge is 2.37. The first-order valence-electron chi connectivity index (χ1n) is 22.5. The van der Waals surface area contributed by atoms with Gasteiger partial charge in [0.15, 0.2) is 17.5 Å². The van der Waals surface area contributed by atoms with Crippen molar-refractivity contribution in [2.45, 2.75) is 53.9 Å². The molecule has 0 atom stereocenters. The van der Waals surface area contributed by atoms with E-state index >= 15 is 0 Å². The van der Waals surface area contributed by atoms with Crippen LogP contribution in [0.1, 0.15) is 44.5 Å². The number of nitrogens with zero attached hydrogens (tertiary/aromatic N) is 4. The van der Waals surface area contributed by atoms with Crippen LogP contribution < -0.4 is 0 Å². The average Bonchev–Trinajstić information content (AvgIpc) is 3.63. The minimum absolute atomic E-state index is 0.0633. The molecule has 0 radical (unpaired) electrons. The molecule has 342 valence electrons. The number of benzene rings is 8. The molecule has 0 N–H and O–H groups in total. The van der Waals surface area contributed by atoms with Crippen LogP contribution in [0.25, 0.3) is 95.0 Å². The minimum Gasteiger partial charge on any atom is -0.309 e. The summed E-state index contributed by atoms with van der Waals surface area (Å²) in [6, 6.07) is 46.3. The summed E-state index contributed by atoms with van der Waals surface area (Å²) in [4.78, 5) is 14.5. The van der Waals surface area contributed by atoms with Crippen LogP contribution in [-0.4, -0.2) is 19.5 Å². The SMILES string of the molecule is Cc1cc(C)c(-c2ccc3c(c2)c2cc(-c4c(C)cc(C)cc4C)ccc2n3-c2ccc(-c3nc(-c4ccccc4)nc(-c4ccccc4)n3)c(-c3cc(C(F)(F)F)cc(C(F)(F)F)c3)c2)c(C)c1. The van der Waals surface area contributed by atoms with Crippen molar-refractivity contribution in [2.75, 3.05) is 0 Å². The van der Waals surface area contributed by atoms with Gasteiger partial charge >= 0.3 is 12.4 Å². The average molecular weight is 923 g/mol. The molecule has 0 saturated heterocycles. The standard InChI is InChI=1S/C59H44F6N4/c1-33-23-35(3)53(36(4)24-33)41-17-21-51-49(29-41)50-30-42(54-37(5)25-34(2)26-38(54)6)18-22-52(50)69(51)46-19-20-47(48(32-46)43-27-44(58(60,61)62)31-45(28-43)59(63,64)65)57-67-55(39-13-9-7-10-14-39)66-56(68-57)40-15-11-8-12-16-40/h7-32H,1-6H3. The molecule has 0 spiro atoms. The third-order valence-corrected chi connectivity index (χ3v) is 12.8. The number of alkyl halides is 6. The molecule has 0 fully saturated rings. The molecule has 0 amide bonds. The van der Waals surface area contributed by atoms with Crippen molar-refractivity contribution < 1.29 is 26.3 Å². The second kappa shape index (κ2) is 17.0. The van der Waals surface area contributed by atoms with Crippen molar-refractivity contribution >= 4 is 21.8 Å². The van der Waals surface area contributed by atoms with E-state index in [9.17, 15) is 26.3 Å². The number of hydrogen-bond acceptors (Lipinski definition) is 3. The van der Waals surface area contributed by atoms with E-state index in [1.165, 1.54) is 0 Å². The third kappa shape index (κ3) is 8.45. The lowest BCUT2D eigenvalue weighted by atomic mass is 9.91. The number of fused-ring (bicyclic) bond motifs is 3. The molecule has 2 heterocycles. The lowest BCUT2D eigenvalue weighted by molar-refractivity contribution is -0.143. The van der Waals surface area contributed by atoms with Crippen LogP contribution in [0.15, 0.2) is 158 Å². The zero-order valence-electron chi connectivity index (χ0n) is 38.6. The van der Waals surface area contributed by atoms with Gasteiger partial charge in [0.05, 0.1) is 22.2 Å². The highest BCUT2D eigenvalue weighted by atomic mass is 19.4. The first-order chi connectivity index (χ1) is 32.9. The highest BCUT2D eigenvalue weighted by molar-refractivity contribution is 6.12. The fraction of sp³-hybridized carbons (Fsp3) is 0.136. The maximum absolute atomic E-state index is 14.7. The normalized spacial score (nSPS) is 12.1. The molecule has 0 aliphatic heterocycles. The van der Waals surface area contributed by atoms with Gasteiger partial charge in [0.2, 0.25) is 0 Å². The quantitative estimate of drug-likeness (QED) is 0.150. The van der Waals surface area contributed by atoms with Crippen molar-refractivity contribution in [1.82, 2.24) is 19.5 Å². The Hall–Kier alpha value is -7.85. The van der Waals surface area contributed by atoms with E-state index in [0.717, 1.165) is 89.6 Å². The lowest BCUT2D eigenvalue weighted by Crippen LogP contribution is -2.11. The van der Waals surface area contributed by atoms with E-state index in [4.69, 9.17) is 15.0 Å². The Morgan fingerprint density at radius 2 is 0.783 bits per heavy atom. The largest absolute Gasteiger partial charge is 0.416 e. The summed E-state index contributed by atoms with van der Waals surface area (Å²) in [5, 5.41) is 1.85. The maximum Gasteiger partial charge on any atom is 0.416 e. The third-order valence-electron chi connectivity index (χ3n) is 12.8. The van der Waals surface area contributed by atoms with E-state index in [1.54, 1.807) is 12.1 Å². The molecule has 8 aromatic carbocycles. The van der Waals surface area contributed by atoms with E-state index in [0.29, 0.717) is 16.8 Å². The second-order valence-electron chi connectivity index (χ2n) is 17.9. The van der Waals surface area contributed by atoms with E-state index < -0.39 is 23.5 Å². The van der Waals surface area contributed by atoms with Gasteiger partial charge in [-0.15, -0.1) is 0 Å². The Balaban J connectivity index is 1.28. The topological polar surface area (TPSA) is 43.6 Å². The molecule has 0 saturated carbocycles. The van der Waals surface area contributed by atoms with Crippen LogP contribution in [0.3, 0.4) is 0 Å². The monoisotopic (exact) mass is 922 g/mol. The highest BCUT2D eigenvalue weighted by Crippen LogP contribution is 2.44. The number of rotatable bonds is 7. The Morgan fingerprint density at radius 1 is 0.362 bits per heavy atom. The molecule has 0 aliphatic carbocycles. The van der Waals surface area contributed by atoms with Gasteiger partial charge in [-0.25, -0.2) is 15.0 Å².